The van der Waals surface area contributed by atoms with E-state index in [-0.39, 0.29) is 18.4 Å². The topological polar surface area (TPSA) is 78.8 Å². The monoisotopic (exact) mass is 337 g/mol. The normalized spacial score (nSPS) is 14.8. The molecule has 2 atom stereocenters. The van der Waals surface area contributed by atoms with Crippen molar-refractivity contribution in [3.63, 3.8) is 0 Å². The number of carbonyl (C=O) groups excluding carboxylic acids is 1. The Hall–Kier alpha value is -1.59. The van der Waals surface area contributed by atoms with E-state index >= 15 is 0 Å². The van der Waals surface area contributed by atoms with Gasteiger partial charge in [-0.1, -0.05) is 45.0 Å². The largest absolute Gasteiger partial charge is 0.444 e. The molecule has 24 heavy (non-hydrogen) atoms. The number of hydrogen-bond donors (Lipinski definition) is 3. The van der Waals surface area contributed by atoms with Crippen LogP contribution in [0.25, 0.3) is 0 Å². The molecule has 0 aliphatic heterocycles. The summed E-state index contributed by atoms with van der Waals surface area (Å²) in [5.74, 6) is 0. The summed E-state index contributed by atoms with van der Waals surface area (Å²) in [5, 5.41) is 22.9. The first-order chi connectivity index (χ1) is 10.9. The molecule has 1 aromatic rings. The maximum atomic E-state index is 11.5. The zero-order valence-electron chi connectivity index (χ0n) is 15.6. The SMILES string of the molecule is CC(C)(C)OC(=O)NCCC(O)C(O)c1ccc(C(C)(C)C)cc1. The third-order valence-electron chi connectivity index (χ3n) is 3.59. The average Bonchev–Trinajstić information content (AvgIpc) is 2.43. The predicted molar refractivity (Wildman–Crippen MR) is 95.0 cm³/mol. The Balaban J connectivity index is 2.50. The molecule has 0 radical (unpaired) electrons. The molecule has 0 spiro atoms. The maximum Gasteiger partial charge on any atom is 0.407 e. The van der Waals surface area contributed by atoms with E-state index in [9.17, 15) is 15.0 Å². The van der Waals surface area contributed by atoms with E-state index in [4.69, 9.17) is 4.74 Å². The van der Waals surface area contributed by atoms with Gasteiger partial charge in [-0.3, -0.25) is 0 Å². The molecule has 2 unspecified atom stereocenters. The minimum Gasteiger partial charge on any atom is -0.444 e. The Labute approximate surface area is 145 Å². The van der Waals surface area contributed by atoms with Gasteiger partial charge in [0.15, 0.2) is 0 Å². The van der Waals surface area contributed by atoms with E-state index in [0.717, 1.165) is 0 Å². The first-order valence-corrected chi connectivity index (χ1v) is 8.33. The second kappa shape index (κ2) is 7.99. The molecule has 3 N–H and O–H groups in total. The van der Waals surface area contributed by atoms with E-state index in [2.05, 4.69) is 26.1 Å². The Kier molecular flexibility index (Phi) is 6.81. The van der Waals surface area contributed by atoms with Crippen LogP contribution in [0.3, 0.4) is 0 Å². The Morgan fingerprint density at radius 1 is 1.08 bits per heavy atom. The van der Waals surface area contributed by atoms with E-state index in [1.165, 1.54) is 5.56 Å². The van der Waals surface area contributed by atoms with Crippen molar-refractivity contribution in [2.75, 3.05) is 6.54 Å². The van der Waals surface area contributed by atoms with Gasteiger partial charge in [0.2, 0.25) is 0 Å². The van der Waals surface area contributed by atoms with Gasteiger partial charge in [0.05, 0.1) is 6.10 Å². The van der Waals surface area contributed by atoms with Crippen molar-refractivity contribution < 1.29 is 19.7 Å². The van der Waals surface area contributed by atoms with Gasteiger partial charge in [0.1, 0.15) is 11.7 Å². The number of ether oxygens (including phenoxy) is 1. The zero-order chi connectivity index (χ0) is 18.5. The summed E-state index contributed by atoms with van der Waals surface area (Å²) < 4.78 is 5.12. The number of aliphatic hydroxyl groups is 2. The number of alkyl carbamates (subject to hydrolysis) is 1. The summed E-state index contributed by atoms with van der Waals surface area (Å²) in [5.41, 5.74) is 1.31. The fourth-order valence-electron chi connectivity index (χ4n) is 2.20. The van der Waals surface area contributed by atoms with Gasteiger partial charge in [0, 0.05) is 6.54 Å². The van der Waals surface area contributed by atoms with Gasteiger partial charge < -0.3 is 20.3 Å². The summed E-state index contributed by atoms with van der Waals surface area (Å²) in [6.45, 7) is 11.9. The molecule has 0 fully saturated rings. The lowest BCUT2D eigenvalue weighted by Crippen LogP contribution is -2.34. The molecule has 136 valence electrons. The molecule has 0 saturated heterocycles. The minimum absolute atomic E-state index is 0.0411. The molecule has 5 nitrogen and oxygen atoms in total. The van der Waals surface area contributed by atoms with Gasteiger partial charge in [-0.2, -0.15) is 0 Å². The van der Waals surface area contributed by atoms with Crippen molar-refractivity contribution in [3.05, 3.63) is 35.4 Å². The predicted octanol–water partition coefficient (Wildman–Crippen LogP) is 3.29. The molecule has 1 aromatic carbocycles. The van der Waals surface area contributed by atoms with E-state index in [0.29, 0.717) is 5.56 Å². The van der Waals surface area contributed by atoms with Crippen LogP contribution in [0.15, 0.2) is 24.3 Å². The van der Waals surface area contributed by atoms with Crippen LogP contribution in [0.2, 0.25) is 0 Å². The molecule has 5 heteroatoms. The van der Waals surface area contributed by atoms with Crippen molar-refractivity contribution >= 4 is 6.09 Å². The van der Waals surface area contributed by atoms with Gasteiger partial charge in [-0.25, -0.2) is 4.79 Å². The number of rotatable bonds is 5. The number of nitrogens with one attached hydrogen (secondary N) is 1. The Morgan fingerprint density at radius 3 is 2.08 bits per heavy atom. The van der Waals surface area contributed by atoms with E-state index in [1.807, 2.05) is 24.3 Å². The Bertz CT molecular complexity index is 526. The summed E-state index contributed by atoms with van der Waals surface area (Å²) in [7, 11) is 0. The van der Waals surface area contributed by atoms with Gasteiger partial charge >= 0.3 is 6.09 Å². The molecular weight excluding hydrogens is 306 g/mol. The molecule has 1 amide bonds. The summed E-state index contributed by atoms with van der Waals surface area (Å²) in [4.78, 5) is 11.5. The van der Waals surface area contributed by atoms with E-state index in [1.54, 1.807) is 20.8 Å². The highest BCUT2D eigenvalue weighted by molar-refractivity contribution is 5.67. The van der Waals surface area contributed by atoms with Gasteiger partial charge in [-0.15, -0.1) is 0 Å². The molecular formula is C19H31NO4. The molecule has 0 aliphatic rings. The summed E-state index contributed by atoms with van der Waals surface area (Å²) >= 11 is 0. The molecule has 0 bridgehead atoms. The number of aliphatic hydroxyl groups excluding tert-OH is 2. The number of carbonyl (C=O) groups is 1. The molecule has 1 rings (SSSR count). The van der Waals surface area contributed by atoms with Crippen molar-refractivity contribution in [1.82, 2.24) is 5.32 Å². The lowest BCUT2D eigenvalue weighted by Gasteiger charge is -2.22. The highest BCUT2D eigenvalue weighted by atomic mass is 16.6. The number of hydrogen-bond acceptors (Lipinski definition) is 4. The second-order valence-corrected chi connectivity index (χ2v) is 8.10. The van der Waals surface area contributed by atoms with Crippen LogP contribution in [-0.4, -0.2) is 34.6 Å². The highest BCUT2D eigenvalue weighted by Gasteiger charge is 2.21. The van der Waals surface area contributed by atoms with Crippen LogP contribution in [0.5, 0.6) is 0 Å². The van der Waals surface area contributed by atoms with Gasteiger partial charge in [-0.05, 0) is 43.7 Å². The zero-order valence-corrected chi connectivity index (χ0v) is 15.6. The quantitative estimate of drug-likeness (QED) is 0.770. The first kappa shape index (κ1) is 20.5. The number of benzene rings is 1. The van der Waals surface area contributed by atoms with Crippen LogP contribution in [0, 0.1) is 0 Å². The van der Waals surface area contributed by atoms with Gasteiger partial charge in [0.25, 0.3) is 0 Å². The minimum atomic E-state index is -0.987. The van der Waals surface area contributed by atoms with Crippen molar-refractivity contribution in [1.29, 1.82) is 0 Å². The highest BCUT2D eigenvalue weighted by Crippen LogP contribution is 2.25. The average molecular weight is 337 g/mol. The van der Waals surface area contributed by atoms with E-state index < -0.39 is 23.9 Å². The smallest absolute Gasteiger partial charge is 0.407 e. The van der Waals surface area contributed by atoms with Crippen molar-refractivity contribution in [2.24, 2.45) is 0 Å². The van der Waals surface area contributed by atoms with Crippen LogP contribution in [0.4, 0.5) is 4.79 Å². The van der Waals surface area contributed by atoms with Crippen molar-refractivity contribution in [2.45, 2.75) is 71.2 Å². The third-order valence-corrected chi connectivity index (χ3v) is 3.59. The number of amides is 1. The van der Waals surface area contributed by atoms with Crippen LogP contribution in [0.1, 0.15) is 65.2 Å². The molecule has 0 heterocycles. The summed E-state index contributed by atoms with van der Waals surface area (Å²) in [6.07, 6.45) is -2.24. The molecule has 0 saturated carbocycles. The third kappa shape index (κ3) is 6.89. The molecule has 0 aliphatic carbocycles. The fraction of sp³-hybridized carbons (Fsp3) is 0.632. The second-order valence-electron chi connectivity index (χ2n) is 8.10. The lowest BCUT2D eigenvalue weighted by atomic mass is 9.86. The van der Waals surface area contributed by atoms with Crippen molar-refractivity contribution in [3.8, 4) is 0 Å². The maximum absolute atomic E-state index is 11.5. The van der Waals surface area contributed by atoms with Crippen LogP contribution < -0.4 is 5.32 Å². The lowest BCUT2D eigenvalue weighted by molar-refractivity contribution is 0.0123. The van der Waals surface area contributed by atoms with Crippen LogP contribution >= 0.6 is 0 Å². The Morgan fingerprint density at radius 2 is 1.62 bits per heavy atom. The standard InChI is InChI=1S/C19H31NO4/c1-18(2,3)14-9-7-13(8-10-14)16(22)15(21)11-12-20-17(23)24-19(4,5)6/h7-10,15-16,21-22H,11-12H2,1-6H3,(H,20,23). The summed E-state index contributed by atoms with van der Waals surface area (Å²) in [6, 6.07) is 7.58. The fourth-order valence-corrected chi connectivity index (χ4v) is 2.20. The molecule has 0 aromatic heterocycles. The first-order valence-electron chi connectivity index (χ1n) is 8.33. The van der Waals surface area contributed by atoms with Crippen LogP contribution in [-0.2, 0) is 10.2 Å².